The molecule has 0 heterocycles. The normalized spacial score (nSPS) is 11.9. The van der Waals surface area contributed by atoms with Crippen molar-refractivity contribution < 1.29 is 29.0 Å². The van der Waals surface area contributed by atoms with Crippen molar-refractivity contribution in [3.8, 4) is 0 Å². The second kappa shape index (κ2) is 12.9. The molecule has 0 radical (unpaired) electrons. The van der Waals surface area contributed by atoms with Gasteiger partial charge in [0.15, 0.2) is 5.78 Å². The molecule has 0 bridgehead atoms. The van der Waals surface area contributed by atoms with Crippen LogP contribution in [0.1, 0.15) is 49.5 Å². The molecule has 8 nitrogen and oxygen atoms in total. The highest BCUT2D eigenvalue weighted by molar-refractivity contribution is 6.41. The van der Waals surface area contributed by atoms with E-state index in [2.05, 4.69) is 10.6 Å². The largest absolute Gasteiger partial charge is 0.481 e. The number of ketones is 1. The number of halogens is 3. The van der Waals surface area contributed by atoms with Crippen LogP contribution < -0.4 is 10.6 Å². The number of hydrogen-bond donors (Lipinski definition) is 3. The summed E-state index contributed by atoms with van der Waals surface area (Å²) in [6.45, 7) is 4.82. The van der Waals surface area contributed by atoms with Crippen LogP contribution in [0.3, 0.4) is 0 Å². The van der Waals surface area contributed by atoms with E-state index in [-0.39, 0.29) is 53.0 Å². The molecule has 2 rings (SSSR count). The lowest BCUT2D eigenvalue weighted by Crippen LogP contribution is -2.37. The molecule has 194 valence electrons. The van der Waals surface area contributed by atoms with Crippen LogP contribution in [0.25, 0.3) is 0 Å². The summed E-state index contributed by atoms with van der Waals surface area (Å²) in [5.41, 5.74) is 0.128. The van der Waals surface area contributed by atoms with Crippen molar-refractivity contribution in [3.05, 3.63) is 62.6 Å². The average Bonchev–Trinajstić information content (AvgIpc) is 2.74. The maximum Gasteiger partial charge on any atom is 0.407 e. The van der Waals surface area contributed by atoms with Crippen LogP contribution in [-0.2, 0) is 20.7 Å². The van der Waals surface area contributed by atoms with Gasteiger partial charge in [0.1, 0.15) is 5.60 Å². The summed E-state index contributed by atoms with van der Waals surface area (Å²) in [5, 5.41) is 15.1. The Hall–Kier alpha value is -2.81. The number of benzene rings is 2. The number of nitrogens with one attached hydrogen (secondary N) is 2. The molecule has 3 N–H and O–H groups in total. The zero-order chi connectivity index (χ0) is 27.0. The number of carboxylic acid groups (broad SMARTS) is 1. The molecule has 0 unspecified atom stereocenters. The van der Waals surface area contributed by atoms with Gasteiger partial charge in [-0.1, -0.05) is 46.9 Å². The SMILES string of the molecule is CC(C)(C)OC(=O)NC[C@H](CCC(=O)c1c(Cl)ccc(NC(=O)Cc2cccc(Cl)c2)c1Cl)C(=O)O. The van der Waals surface area contributed by atoms with E-state index in [0.717, 1.165) is 0 Å². The van der Waals surface area contributed by atoms with Gasteiger partial charge in [-0.05, 0) is 57.0 Å². The molecule has 0 aliphatic rings. The quantitative estimate of drug-likeness (QED) is 0.307. The van der Waals surface area contributed by atoms with E-state index >= 15 is 0 Å². The summed E-state index contributed by atoms with van der Waals surface area (Å²) in [7, 11) is 0. The topological polar surface area (TPSA) is 122 Å². The minimum atomic E-state index is -1.18. The Kier molecular flexibility index (Phi) is 10.6. The third-order valence-corrected chi connectivity index (χ3v) is 5.80. The fourth-order valence-electron chi connectivity index (χ4n) is 3.20. The number of carbonyl (C=O) groups excluding carboxylic acids is 3. The molecule has 0 fully saturated rings. The molecule has 0 saturated carbocycles. The molecule has 2 amide bonds. The van der Waals surface area contributed by atoms with Crippen LogP contribution in [0.5, 0.6) is 0 Å². The van der Waals surface area contributed by atoms with Crippen molar-refractivity contribution in [3.63, 3.8) is 0 Å². The first-order valence-corrected chi connectivity index (χ1v) is 12.2. The van der Waals surface area contributed by atoms with Gasteiger partial charge in [-0.2, -0.15) is 0 Å². The number of ether oxygens (including phenoxy) is 1. The highest BCUT2D eigenvalue weighted by Crippen LogP contribution is 2.33. The van der Waals surface area contributed by atoms with E-state index in [4.69, 9.17) is 39.5 Å². The summed E-state index contributed by atoms with van der Waals surface area (Å²) in [6.07, 6.45) is -1.01. The van der Waals surface area contributed by atoms with Crippen molar-refractivity contribution in [2.24, 2.45) is 5.92 Å². The maximum absolute atomic E-state index is 12.9. The lowest BCUT2D eigenvalue weighted by atomic mass is 9.98. The van der Waals surface area contributed by atoms with Crippen molar-refractivity contribution in [2.75, 3.05) is 11.9 Å². The lowest BCUT2D eigenvalue weighted by Gasteiger charge is -2.20. The molecule has 36 heavy (non-hydrogen) atoms. The van der Waals surface area contributed by atoms with Crippen LogP contribution in [-0.4, -0.2) is 41.0 Å². The highest BCUT2D eigenvalue weighted by atomic mass is 35.5. The molecule has 2 aromatic rings. The number of carboxylic acids is 1. The third kappa shape index (κ3) is 9.33. The smallest absolute Gasteiger partial charge is 0.407 e. The van der Waals surface area contributed by atoms with Crippen LogP contribution in [0, 0.1) is 5.92 Å². The number of alkyl carbamates (subject to hydrolysis) is 1. The molecule has 0 aromatic heterocycles. The van der Waals surface area contributed by atoms with Crippen molar-refractivity contribution in [2.45, 2.75) is 45.6 Å². The van der Waals surface area contributed by atoms with Gasteiger partial charge in [0.2, 0.25) is 5.91 Å². The Morgan fingerprint density at radius 3 is 2.36 bits per heavy atom. The zero-order valence-electron chi connectivity index (χ0n) is 20.0. The Labute approximate surface area is 224 Å². The minimum absolute atomic E-state index is 0.0249. The minimum Gasteiger partial charge on any atom is -0.481 e. The number of aliphatic carboxylic acids is 1. The van der Waals surface area contributed by atoms with Gasteiger partial charge < -0.3 is 20.5 Å². The van der Waals surface area contributed by atoms with Crippen molar-refractivity contribution in [1.29, 1.82) is 0 Å². The summed E-state index contributed by atoms with van der Waals surface area (Å²) in [5.74, 6) is -3.10. The summed E-state index contributed by atoms with van der Waals surface area (Å²) < 4.78 is 5.10. The first-order chi connectivity index (χ1) is 16.8. The average molecular weight is 558 g/mol. The number of amides is 2. The van der Waals surface area contributed by atoms with E-state index in [1.165, 1.54) is 12.1 Å². The van der Waals surface area contributed by atoms with Gasteiger partial charge >= 0.3 is 12.1 Å². The van der Waals surface area contributed by atoms with Crippen molar-refractivity contribution >= 4 is 64.2 Å². The summed E-state index contributed by atoms with van der Waals surface area (Å²) in [4.78, 5) is 48.8. The molecule has 0 aliphatic carbocycles. The molecule has 0 aliphatic heterocycles. The van der Waals surface area contributed by atoms with Gasteiger partial charge in [-0.25, -0.2) is 4.79 Å². The first-order valence-electron chi connectivity index (χ1n) is 11.0. The molecule has 0 saturated heterocycles. The van der Waals surface area contributed by atoms with Gasteiger partial charge in [0.25, 0.3) is 0 Å². The zero-order valence-corrected chi connectivity index (χ0v) is 22.3. The predicted molar refractivity (Wildman–Crippen MR) is 139 cm³/mol. The highest BCUT2D eigenvalue weighted by Gasteiger charge is 2.25. The van der Waals surface area contributed by atoms with Crippen LogP contribution in [0.2, 0.25) is 15.1 Å². The monoisotopic (exact) mass is 556 g/mol. The molecule has 11 heteroatoms. The fourth-order valence-corrected chi connectivity index (χ4v) is 4.04. The maximum atomic E-state index is 12.9. The summed E-state index contributed by atoms with van der Waals surface area (Å²) >= 11 is 18.5. The van der Waals surface area contributed by atoms with E-state index in [9.17, 15) is 24.3 Å². The first kappa shape index (κ1) is 29.4. The second-order valence-electron chi connectivity index (χ2n) is 9.02. The van der Waals surface area contributed by atoms with E-state index in [1.54, 1.807) is 45.0 Å². The second-order valence-corrected chi connectivity index (χ2v) is 10.2. The Morgan fingerprint density at radius 2 is 1.75 bits per heavy atom. The molecular weight excluding hydrogens is 531 g/mol. The van der Waals surface area contributed by atoms with Gasteiger partial charge in [-0.3, -0.25) is 14.4 Å². The Morgan fingerprint density at radius 1 is 1.06 bits per heavy atom. The number of carbonyl (C=O) groups is 4. The molecular formula is C25H27Cl3N2O6. The fraction of sp³-hybridized carbons (Fsp3) is 0.360. The number of hydrogen-bond acceptors (Lipinski definition) is 5. The third-order valence-electron chi connectivity index (χ3n) is 4.86. The van der Waals surface area contributed by atoms with E-state index in [1.807, 2.05) is 0 Å². The van der Waals surface area contributed by atoms with Crippen LogP contribution >= 0.6 is 34.8 Å². The lowest BCUT2D eigenvalue weighted by molar-refractivity contribution is -0.141. The van der Waals surface area contributed by atoms with Gasteiger partial charge in [0.05, 0.1) is 33.6 Å². The van der Waals surface area contributed by atoms with E-state index in [0.29, 0.717) is 10.6 Å². The number of anilines is 1. The van der Waals surface area contributed by atoms with Crippen LogP contribution in [0.4, 0.5) is 10.5 Å². The molecule has 1 atom stereocenters. The van der Waals surface area contributed by atoms with Gasteiger partial charge in [-0.15, -0.1) is 0 Å². The van der Waals surface area contributed by atoms with E-state index < -0.39 is 29.4 Å². The van der Waals surface area contributed by atoms with Crippen LogP contribution in [0.15, 0.2) is 36.4 Å². The number of rotatable bonds is 10. The van der Waals surface area contributed by atoms with Crippen molar-refractivity contribution in [1.82, 2.24) is 5.32 Å². The molecule has 0 spiro atoms. The molecule has 2 aromatic carbocycles. The Bertz CT molecular complexity index is 1150. The predicted octanol–water partition coefficient (Wildman–Crippen LogP) is 6.02. The summed E-state index contributed by atoms with van der Waals surface area (Å²) in [6, 6.07) is 9.73. The standard InChI is InChI=1S/C25H27Cl3N2O6/c1-25(2,3)36-24(35)29-13-15(23(33)34)7-10-19(31)21-17(27)8-9-18(22(21)28)30-20(32)12-14-5-4-6-16(26)11-14/h4-6,8-9,11,15H,7,10,12-13H2,1-3H3,(H,29,35)(H,30,32)(H,33,34)/t15-/m0/s1. The Balaban J connectivity index is 2.05. The van der Waals surface area contributed by atoms with Gasteiger partial charge in [0, 0.05) is 18.0 Å². The number of Topliss-reactive ketones (excluding diaryl/α,β-unsaturated/α-hetero) is 1.